The maximum absolute atomic E-state index is 9.45. The highest BCUT2D eigenvalue weighted by molar-refractivity contribution is 5.56. The minimum Gasteiger partial charge on any atom is -0.367 e. The Morgan fingerprint density at radius 1 is 1.26 bits per heavy atom. The number of para-hydroxylation sites is 1. The van der Waals surface area contributed by atoms with Crippen LogP contribution in [0, 0.1) is 23.2 Å². The summed E-state index contributed by atoms with van der Waals surface area (Å²) in [5.74, 6) is 0.964. The van der Waals surface area contributed by atoms with Crippen LogP contribution in [0.15, 0.2) is 24.3 Å². The zero-order valence-corrected chi connectivity index (χ0v) is 11.7. The molecule has 1 heterocycles. The molecule has 2 heteroatoms. The van der Waals surface area contributed by atoms with Crippen molar-refractivity contribution in [2.75, 3.05) is 11.4 Å². The Bertz CT molecular complexity index is 488. The third kappa shape index (κ3) is 2.34. The van der Waals surface area contributed by atoms with Crippen molar-refractivity contribution in [3.05, 3.63) is 29.8 Å². The first kappa shape index (κ1) is 12.5. The van der Waals surface area contributed by atoms with Crippen LogP contribution in [0.1, 0.15) is 38.2 Å². The SMILES string of the molecule is CC1CCC(C#N)C(N2CCCc3ccccc32)C1. The Balaban J connectivity index is 1.91. The van der Waals surface area contributed by atoms with Gasteiger partial charge in [0.2, 0.25) is 0 Å². The van der Waals surface area contributed by atoms with Crippen molar-refractivity contribution in [2.45, 2.75) is 45.1 Å². The first-order valence-corrected chi connectivity index (χ1v) is 7.53. The van der Waals surface area contributed by atoms with Crippen LogP contribution in [-0.2, 0) is 6.42 Å². The molecule has 1 aliphatic carbocycles. The summed E-state index contributed by atoms with van der Waals surface area (Å²) in [6, 6.07) is 11.7. The highest BCUT2D eigenvalue weighted by Crippen LogP contribution is 2.37. The molecule has 0 amide bonds. The Morgan fingerprint density at radius 3 is 2.95 bits per heavy atom. The smallest absolute Gasteiger partial charge is 0.0677 e. The van der Waals surface area contributed by atoms with E-state index in [4.69, 9.17) is 0 Å². The quantitative estimate of drug-likeness (QED) is 0.763. The Kier molecular flexibility index (Phi) is 3.46. The normalized spacial score (nSPS) is 30.5. The topological polar surface area (TPSA) is 27.0 Å². The van der Waals surface area contributed by atoms with E-state index in [2.05, 4.69) is 42.2 Å². The number of fused-ring (bicyclic) bond motifs is 1. The lowest BCUT2D eigenvalue weighted by Gasteiger charge is -2.43. The number of nitriles is 1. The summed E-state index contributed by atoms with van der Waals surface area (Å²) in [5, 5.41) is 9.45. The number of aryl methyl sites for hydroxylation is 1. The second-order valence-electron chi connectivity index (χ2n) is 6.15. The maximum atomic E-state index is 9.45. The Morgan fingerprint density at radius 2 is 2.11 bits per heavy atom. The summed E-state index contributed by atoms with van der Waals surface area (Å²) >= 11 is 0. The van der Waals surface area contributed by atoms with Crippen molar-refractivity contribution in [3.8, 4) is 6.07 Å². The van der Waals surface area contributed by atoms with E-state index < -0.39 is 0 Å². The van der Waals surface area contributed by atoms with Gasteiger partial charge in [-0.1, -0.05) is 25.1 Å². The van der Waals surface area contributed by atoms with E-state index in [0.29, 0.717) is 6.04 Å². The molecular formula is C17H22N2. The molecule has 0 bridgehead atoms. The van der Waals surface area contributed by atoms with Crippen LogP contribution in [-0.4, -0.2) is 12.6 Å². The zero-order chi connectivity index (χ0) is 13.2. The Hall–Kier alpha value is -1.49. The summed E-state index contributed by atoms with van der Waals surface area (Å²) in [6.45, 7) is 3.45. The Labute approximate surface area is 116 Å². The fourth-order valence-electron chi connectivity index (χ4n) is 3.75. The van der Waals surface area contributed by atoms with Crippen LogP contribution in [0.3, 0.4) is 0 Å². The second kappa shape index (κ2) is 5.25. The first-order valence-electron chi connectivity index (χ1n) is 7.53. The molecule has 1 aromatic carbocycles. The fourth-order valence-corrected chi connectivity index (χ4v) is 3.75. The van der Waals surface area contributed by atoms with Crippen LogP contribution in [0.4, 0.5) is 5.69 Å². The number of rotatable bonds is 1. The van der Waals surface area contributed by atoms with Crippen LogP contribution < -0.4 is 4.90 Å². The predicted molar refractivity (Wildman–Crippen MR) is 78.0 cm³/mol. The number of nitrogens with zero attached hydrogens (tertiary/aromatic N) is 2. The minimum atomic E-state index is 0.211. The molecule has 3 unspecified atom stereocenters. The lowest BCUT2D eigenvalue weighted by atomic mass is 9.78. The van der Waals surface area contributed by atoms with E-state index in [0.717, 1.165) is 18.9 Å². The first-order chi connectivity index (χ1) is 9.29. The summed E-state index contributed by atoms with van der Waals surface area (Å²) in [7, 11) is 0. The summed E-state index contributed by atoms with van der Waals surface area (Å²) < 4.78 is 0. The van der Waals surface area contributed by atoms with E-state index in [1.54, 1.807) is 0 Å². The molecule has 3 rings (SSSR count). The van der Waals surface area contributed by atoms with Gasteiger partial charge < -0.3 is 4.90 Å². The van der Waals surface area contributed by atoms with E-state index >= 15 is 0 Å². The van der Waals surface area contributed by atoms with Crippen molar-refractivity contribution >= 4 is 5.69 Å². The van der Waals surface area contributed by atoms with Gasteiger partial charge in [0.05, 0.1) is 12.0 Å². The molecule has 3 atom stereocenters. The molecule has 0 aromatic heterocycles. The van der Waals surface area contributed by atoms with Gasteiger partial charge in [-0.2, -0.15) is 5.26 Å². The van der Waals surface area contributed by atoms with Crippen LogP contribution >= 0.6 is 0 Å². The standard InChI is InChI=1S/C17H22N2/c1-13-8-9-15(12-18)17(11-13)19-10-4-6-14-5-2-3-7-16(14)19/h2-3,5,7,13,15,17H,4,6,8-11H2,1H3. The van der Waals surface area contributed by atoms with Crippen LogP contribution in [0.2, 0.25) is 0 Å². The van der Waals surface area contributed by atoms with Gasteiger partial charge in [0.25, 0.3) is 0 Å². The third-order valence-corrected chi connectivity index (χ3v) is 4.79. The van der Waals surface area contributed by atoms with E-state index in [-0.39, 0.29) is 5.92 Å². The van der Waals surface area contributed by atoms with Gasteiger partial charge in [-0.3, -0.25) is 0 Å². The van der Waals surface area contributed by atoms with Crippen LogP contribution in [0.5, 0.6) is 0 Å². The van der Waals surface area contributed by atoms with E-state index in [9.17, 15) is 5.26 Å². The number of anilines is 1. The lowest BCUT2D eigenvalue weighted by Crippen LogP contribution is -2.46. The molecule has 0 saturated heterocycles. The average molecular weight is 254 g/mol. The molecule has 19 heavy (non-hydrogen) atoms. The van der Waals surface area contributed by atoms with Gasteiger partial charge >= 0.3 is 0 Å². The second-order valence-corrected chi connectivity index (χ2v) is 6.15. The van der Waals surface area contributed by atoms with Gasteiger partial charge in [-0.25, -0.2) is 0 Å². The zero-order valence-electron chi connectivity index (χ0n) is 11.7. The molecule has 0 spiro atoms. The molecule has 1 aliphatic heterocycles. The average Bonchev–Trinajstić information content (AvgIpc) is 2.46. The van der Waals surface area contributed by atoms with Gasteiger partial charge in [0.15, 0.2) is 0 Å². The molecule has 1 fully saturated rings. The maximum Gasteiger partial charge on any atom is 0.0677 e. The lowest BCUT2D eigenvalue weighted by molar-refractivity contribution is 0.277. The molecule has 2 nitrogen and oxygen atoms in total. The summed E-state index contributed by atoms with van der Waals surface area (Å²) in [4.78, 5) is 2.53. The van der Waals surface area contributed by atoms with Crippen molar-refractivity contribution in [1.82, 2.24) is 0 Å². The molecule has 2 aliphatic rings. The van der Waals surface area contributed by atoms with Gasteiger partial charge in [-0.15, -0.1) is 0 Å². The number of hydrogen-bond donors (Lipinski definition) is 0. The molecule has 100 valence electrons. The van der Waals surface area contributed by atoms with Crippen molar-refractivity contribution in [1.29, 1.82) is 5.26 Å². The van der Waals surface area contributed by atoms with Gasteiger partial charge in [0.1, 0.15) is 0 Å². The fraction of sp³-hybridized carbons (Fsp3) is 0.588. The van der Waals surface area contributed by atoms with E-state index in [1.165, 1.54) is 36.9 Å². The van der Waals surface area contributed by atoms with Crippen molar-refractivity contribution in [3.63, 3.8) is 0 Å². The molecule has 0 radical (unpaired) electrons. The number of benzene rings is 1. The molecule has 1 aromatic rings. The van der Waals surface area contributed by atoms with E-state index in [1.807, 2.05) is 0 Å². The summed E-state index contributed by atoms with van der Waals surface area (Å²) in [5.41, 5.74) is 2.84. The van der Waals surface area contributed by atoms with Crippen LogP contribution in [0.25, 0.3) is 0 Å². The van der Waals surface area contributed by atoms with Gasteiger partial charge in [-0.05, 0) is 49.7 Å². The minimum absolute atomic E-state index is 0.211. The number of hydrogen-bond acceptors (Lipinski definition) is 2. The predicted octanol–water partition coefficient (Wildman–Crippen LogP) is 3.77. The highest BCUT2D eigenvalue weighted by atomic mass is 15.2. The highest BCUT2D eigenvalue weighted by Gasteiger charge is 2.34. The molecule has 1 saturated carbocycles. The van der Waals surface area contributed by atoms with Crippen molar-refractivity contribution < 1.29 is 0 Å². The molecule has 0 N–H and O–H groups in total. The largest absolute Gasteiger partial charge is 0.367 e. The molecular weight excluding hydrogens is 232 g/mol. The van der Waals surface area contributed by atoms with Gasteiger partial charge in [0, 0.05) is 18.3 Å². The third-order valence-electron chi connectivity index (χ3n) is 4.79. The summed E-state index contributed by atoms with van der Waals surface area (Å²) in [6.07, 6.45) is 5.87. The monoisotopic (exact) mass is 254 g/mol. The van der Waals surface area contributed by atoms with Crippen molar-refractivity contribution in [2.24, 2.45) is 11.8 Å².